The molecule has 4 rings (SSSR count). The molecule has 2 amide bonds. The first-order chi connectivity index (χ1) is 17.0. The zero-order valence-electron chi connectivity index (χ0n) is 20.5. The molecule has 1 heterocycles. The fourth-order valence-corrected chi connectivity index (χ4v) is 4.35. The highest BCUT2D eigenvalue weighted by Crippen LogP contribution is 2.19. The number of nitrogens with one attached hydrogen (secondary N) is 1. The number of fused-ring (bicyclic) bond motifs is 1. The smallest absolute Gasteiger partial charge is 0.254 e. The molecule has 0 spiro atoms. The third kappa shape index (κ3) is 6.18. The summed E-state index contributed by atoms with van der Waals surface area (Å²) in [6.07, 6.45) is 3.56. The van der Waals surface area contributed by atoms with Crippen molar-refractivity contribution < 1.29 is 9.59 Å². The molecule has 35 heavy (non-hydrogen) atoms. The van der Waals surface area contributed by atoms with Crippen LogP contribution in [-0.2, 0) is 17.8 Å². The number of aryl methyl sites for hydroxylation is 1. The van der Waals surface area contributed by atoms with Crippen molar-refractivity contribution >= 4 is 22.7 Å². The number of amides is 2. The molecule has 0 aliphatic carbocycles. The van der Waals surface area contributed by atoms with Gasteiger partial charge in [-0.05, 0) is 49.1 Å². The number of benzene rings is 3. The van der Waals surface area contributed by atoms with Crippen molar-refractivity contribution in [2.24, 2.45) is 0 Å². The molecule has 5 heteroatoms. The van der Waals surface area contributed by atoms with E-state index in [1.807, 2.05) is 48.4 Å². The molecule has 1 aromatic heterocycles. The van der Waals surface area contributed by atoms with Gasteiger partial charge in [-0.3, -0.25) is 9.59 Å². The van der Waals surface area contributed by atoms with Gasteiger partial charge in [0.05, 0.1) is 0 Å². The molecule has 180 valence electrons. The van der Waals surface area contributed by atoms with Gasteiger partial charge in [-0.1, -0.05) is 73.2 Å². The number of hydrogen-bond donors (Lipinski definition) is 1. The summed E-state index contributed by atoms with van der Waals surface area (Å²) in [5.41, 5.74) is 5.17. The normalized spacial score (nSPS) is 10.9. The Balaban J connectivity index is 1.53. The SMILES string of the molecule is CCCN(CC(=O)N(CCc1c[nH]c2ccccc12)Cc1ccc(C)cc1)C(=O)c1ccccc1. The lowest BCUT2D eigenvalue weighted by molar-refractivity contribution is -0.132. The molecule has 0 fully saturated rings. The van der Waals surface area contributed by atoms with Crippen LogP contribution in [0.15, 0.2) is 85.1 Å². The van der Waals surface area contributed by atoms with E-state index in [-0.39, 0.29) is 18.4 Å². The Hall–Kier alpha value is -3.86. The second-order valence-electron chi connectivity index (χ2n) is 9.00. The maximum atomic E-state index is 13.6. The molecule has 0 saturated carbocycles. The molecule has 3 aromatic carbocycles. The summed E-state index contributed by atoms with van der Waals surface area (Å²) in [7, 11) is 0. The first-order valence-electron chi connectivity index (χ1n) is 12.3. The fraction of sp³-hybridized carbons (Fsp3) is 0.267. The standard InChI is InChI=1S/C30H33N3O2/c1-3-18-33(30(35)25-9-5-4-6-10-25)22-29(34)32(21-24-15-13-23(2)14-16-24)19-17-26-20-31-28-12-8-7-11-27(26)28/h4-16,20,31H,3,17-19,21-22H2,1-2H3. The fourth-order valence-electron chi connectivity index (χ4n) is 4.35. The van der Waals surface area contributed by atoms with Gasteiger partial charge in [0.25, 0.3) is 5.91 Å². The molecule has 0 saturated heterocycles. The Morgan fingerprint density at radius 2 is 1.54 bits per heavy atom. The minimum atomic E-state index is -0.104. The molecule has 1 N–H and O–H groups in total. The molecule has 0 unspecified atom stereocenters. The number of H-pyrrole nitrogens is 1. The van der Waals surface area contributed by atoms with Gasteiger partial charge >= 0.3 is 0 Å². The Labute approximate surface area is 207 Å². The van der Waals surface area contributed by atoms with E-state index >= 15 is 0 Å². The third-order valence-electron chi connectivity index (χ3n) is 6.30. The van der Waals surface area contributed by atoms with Crippen molar-refractivity contribution in [3.05, 3.63) is 107 Å². The lowest BCUT2D eigenvalue weighted by Gasteiger charge is -2.28. The Kier molecular flexibility index (Phi) is 7.99. The van der Waals surface area contributed by atoms with Crippen LogP contribution in [0.1, 0.15) is 40.4 Å². The summed E-state index contributed by atoms with van der Waals surface area (Å²) in [5.74, 6) is -0.143. The van der Waals surface area contributed by atoms with Crippen molar-refractivity contribution in [2.45, 2.75) is 33.2 Å². The maximum Gasteiger partial charge on any atom is 0.254 e. The van der Waals surface area contributed by atoms with E-state index in [1.54, 1.807) is 17.0 Å². The molecule has 0 aliphatic rings. The zero-order chi connectivity index (χ0) is 24.6. The predicted octanol–water partition coefficient (Wildman–Crippen LogP) is 5.60. The molecular weight excluding hydrogens is 434 g/mol. The van der Waals surface area contributed by atoms with E-state index in [2.05, 4.69) is 48.3 Å². The zero-order valence-corrected chi connectivity index (χ0v) is 20.5. The van der Waals surface area contributed by atoms with E-state index < -0.39 is 0 Å². The molecule has 0 radical (unpaired) electrons. The van der Waals surface area contributed by atoms with Crippen LogP contribution < -0.4 is 0 Å². The van der Waals surface area contributed by atoms with Gasteiger partial charge in [-0.15, -0.1) is 0 Å². The number of carbonyl (C=O) groups excluding carboxylic acids is 2. The highest BCUT2D eigenvalue weighted by atomic mass is 16.2. The minimum Gasteiger partial charge on any atom is -0.361 e. The summed E-state index contributed by atoms with van der Waals surface area (Å²) in [6.45, 7) is 5.79. The summed E-state index contributed by atoms with van der Waals surface area (Å²) in [5, 5.41) is 1.18. The number of aromatic amines is 1. The summed E-state index contributed by atoms with van der Waals surface area (Å²) in [6, 6.07) is 25.7. The van der Waals surface area contributed by atoms with Crippen LogP contribution in [0, 0.1) is 6.92 Å². The molecule has 0 atom stereocenters. The Morgan fingerprint density at radius 3 is 2.29 bits per heavy atom. The topological polar surface area (TPSA) is 56.4 Å². The Bertz CT molecular complexity index is 1260. The number of para-hydroxylation sites is 1. The van der Waals surface area contributed by atoms with Crippen LogP contribution in [0.3, 0.4) is 0 Å². The van der Waals surface area contributed by atoms with Crippen LogP contribution in [-0.4, -0.2) is 46.2 Å². The van der Waals surface area contributed by atoms with Crippen LogP contribution in [0.4, 0.5) is 0 Å². The first kappa shape index (κ1) is 24.3. The van der Waals surface area contributed by atoms with Crippen molar-refractivity contribution in [1.82, 2.24) is 14.8 Å². The number of rotatable bonds is 10. The van der Waals surface area contributed by atoms with Crippen LogP contribution in [0.2, 0.25) is 0 Å². The summed E-state index contributed by atoms with van der Waals surface area (Å²) >= 11 is 0. The van der Waals surface area contributed by atoms with Gasteiger partial charge in [0, 0.05) is 42.3 Å². The molecule has 0 bridgehead atoms. The van der Waals surface area contributed by atoms with E-state index in [0.29, 0.717) is 25.2 Å². The quantitative estimate of drug-likeness (QED) is 0.330. The van der Waals surface area contributed by atoms with Gasteiger partial charge in [0.15, 0.2) is 0 Å². The second-order valence-corrected chi connectivity index (χ2v) is 9.00. The van der Waals surface area contributed by atoms with E-state index in [1.165, 1.54) is 16.5 Å². The largest absolute Gasteiger partial charge is 0.361 e. The van der Waals surface area contributed by atoms with Crippen LogP contribution >= 0.6 is 0 Å². The average Bonchev–Trinajstić information content (AvgIpc) is 3.30. The van der Waals surface area contributed by atoms with Crippen LogP contribution in [0.25, 0.3) is 10.9 Å². The van der Waals surface area contributed by atoms with Crippen molar-refractivity contribution in [3.63, 3.8) is 0 Å². The van der Waals surface area contributed by atoms with Crippen molar-refractivity contribution in [1.29, 1.82) is 0 Å². The Morgan fingerprint density at radius 1 is 0.829 bits per heavy atom. The lowest BCUT2D eigenvalue weighted by atomic mass is 10.1. The molecule has 4 aromatic rings. The first-order valence-corrected chi connectivity index (χ1v) is 12.3. The molecule has 0 aliphatic heterocycles. The average molecular weight is 468 g/mol. The summed E-state index contributed by atoms with van der Waals surface area (Å²) in [4.78, 5) is 33.6. The maximum absolute atomic E-state index is 13.6. The second kappa shape index (κ2) is 11.5. The van der Waals surface area contributed by atoms with Crippen LogP contribution in [0.5, 0.6) is 0 Å². The lowest BCUT2D eigenvalue weighted by Crippen LogP contribution is -2.43. The van der Waals surface area contributed by atoms with Crippen molar-refractivity contribution in [2.75, 3.05) is 19.6 Å². The van der Waals surface area contributed by atoms with E-state index in [4.69, 9.17) is 0 Å². The predicted molar refractivity (Wildman–Crippen MR) is 141 cm³/mol. The number of aromatic nitrogens is 1. The van der Waals surface area contributed by atoms with E-state index in [9.17, 15) is 9.59 Å². The van der Waals surface area contributed by atoms with Gasteiger partial charge in [0.1, 0.15) is 6.54 Å². The number of nitrogens with zero attached hydrogens (tertiary/aromatic N) is 2. The molecular formula is C30H33N3O2. The van der Waals surface area contributed by atoms with Gasteiger partial charge in [-0.25, -0.2) is 0 Å². The van der Waals surface area contributed by atoms with Gasteiger partial charge < -0.3 is 14.8 Å². The minimum absolute atomic E-state index is 0.0388. The third-order valence-corrected chi connectivity index (χ3v) is 6.30. The number of hydrogen-bond acceptors (Lipinski definition) is 2. The van der Waals surface area contributed by atoms with Gasteiger partial charge in [-0.2, -0.15) is 0 Å². The van der Waals surface area contributed by atoms with Gasteiger partial charge in [0.2, 0.25) is 5.91 Å². The van der Waals surface area contributed by atoms with Crippen molar-refractivity contribution in [3.8, 4) is 0 Å². The highest BCUT2D eigenvalue weighted by Gasteiger charge is 2.22. The number of carbonyl (C=O) groups is 2. The molecule has 5 nitrogen and oxygen atoms in total. The highest BCUT2D eigenvalue weighted by molar-refractivity contribution is 5.96. The summed E-state index contributed by atoms with van der Waals surface area (Å²) < 4.78 is 0. The monoisotopic (exact) mass is 467 g/mol. The van der Waals surface area contributed by atoms with E-state index in [0.717, 1.165) is 23.9 Å².